The van der Waals surface area contributed by atoms with Crippen molar-refractivity contribution in [2.24, 2.45) is 0 Å². The van der Waals surface area contributed by atoms with Gasteiger partial charge >= 0.3 is 0 Å². The summed E-state index contributed by atoms with van der Waals surface area (Å²) in [6.07, 6.45) is 0. The van der Waals surface area contributed by atoms with Crippen molar-refractivity contribution in [3.63, 3.8) is 0 Å². The minimum Gasteiger partial charge on any atom is -0.369 e. The molecule has 8 nitrogen and oxygen atoms in total. The molecule has 3 rings (SSSR count). The van der Waals surface area contributed by atoms with E-state index >= 15 is 0 Å². The van der Waals surface area contributed by atoms with Crippen molar-refractivity contribution in [3.8, 4) is 0 Å². The number of piperazine rings is 1. The molecular formula is C20H23N5O3S. The summed E-state index contributed by atoms with van der Waals surface area (Å²) in [5.41, 5.74) is 2.31. The Morgan fingerprint density at radius 1 is 1.10 bits per heavy atom. The number of amides is 1. The number of thiocarbonyl (C=S) groups is 1. The van der Waals surface area contributed by atoms with Gasteiger partial charge in [0.2, 0.25) is 0 Å². The summed E-state index contributed by atoms with van der Waals surface area (Å²) in [5, 5.41) is 16.7. The van der Waals surface area contributed by atoms with Gasteiger partial charge in [-0.2, -0.15) is 0 Å². The maximum absolute atomic E-state index is 12.5. The highest BCUT2D eigenvalue weighted by Gasteiger charge is 2.19. The van der Waals surface area contributed by atoms with Crippen molar-refractivity contribution in [3.05, 3.63) is 63.7 Å². The van der Waals surface area contributed by atoms with Crippen LogP contribution in [0.5, 0.6) is 0 Å². The molecule has 0 spiro atoms. The molecule has 152 valence electrons. The third-order valence-corrected chi connectivity index (χ3v) is 5.17. The Bertz CT molecular complexity index is 924. The molecule has 0 bridgehead atoms. The van der Waals surface area contributed by atoms with Crippen LogP contribution in [-0.2, 0) is 0 Å². The van der Waals surface area contributed by atoms with Crippen molar-refractivity contribution in [1.29, 1.82) is 0 Å². The first-order chi connectivity index (χ1) is 13.8. The molecule has 1 aliphatic rings. The minimum atomic E-state index is -0.509. The van der Waals surface area contributed by atoms with Crippen LogP contribution in [0.2, 0.25) is 0 Å². The van der Waals surface area contributed by atoms with Crippen molar-refractivity contribution in [2.75, 3.05) is 43.4 Å². The highest BCUT2D eigenvalue weighted by Crippen LogP contribution is 2.21. The molecule has 0 aliphatic carbocycles. The molecular weight excluding hydrogens is 390 g/mol. The van der Waals surface area contributed by atoms with Gasteiger partial charge < -0.3 is 15.1 Å². The van der Waals surface area contributed by atoms with Gasteiger partial charge in [0.05, 0.1) is 4.92 Å². The summed E-state index contributed by atoms with van der Waals surface area (Å²) in [5.74, 6) is -0.488. The third-order valence-electron chi connectivity index (χ3n) is 4.97. The molecule has 1 amide bonds. The second-order valence-corrected chi connectivity index (χ2v) is 7.36. The third kappa shape index (κ3) is 5.07. The maximum Gasteiger partial charge on any atom is 0.273 e. The zero-order valence-electron chi connectivity index (χ0n) is 16.3. The molecule has 1 aliphatic heterocycles. The Morgan fingerprint density at radius 3 is 2.38 bits per heavy atom. The van der Waals surface area contributed by atoms with E-state index in [9.17, 15) is 14.9 Å². The number of benzene rings is 2. The number of nitro groups is 1. The predicted molar refractivity (Wildman–Crippen MR) is 118 cm³/mol. The quantitative estimate of drug-likeness (QED) is 0.452. The van der Waals surface area contributed by atoms with E-state index in [1.807, 2.05) is 24.3 Å². The van der Waals surface area contributed by atoms with Crippen LogP contribution < -0.4 is 15.5 Å². The van der Waals surface area contributed by atoms with Crippen LogP contribution in [-0.4, -0.2) is 54.1 Å². The Morgan fingerprint density at radius 2 is 1.76 bits per heavy atom. The number of carbonyl (C=O) groups excluding carboxylic acids is 1. The van der Waals surface area contributed by atoms with E-state index in [-0.39, 0.29) is 16.4 Å². The number of hydrogen-bond acceptors (Lipinski definition) is 6. The van der Waals surface area contributed by atoms with Gasteiger partial charge in [-0.25, -0.2) is 0 Å². The average Bonchev–Trinajstić information content (AvgIpc) is 2.69. The molecule has 0 saturated carbocycles. The summed E-state index contributed by atoms with van der Waals surface area (Å²) in [4.78, 5) is 27.6. The summed E-state index contributed by atoms with van der Waals surface area (Å²) in [6.45, 7) is 5.58. The van der Waals surface area contributed by atoms with Crippen LogP contribution in [0.4, 0.5) is 17.1 Å². The lowest BCUT2D eigenvalue weighted by Gasteiger charge is -2.34. The number of nitrogens with zero attached hydrogens (tertiary/aromatic N) is 3. The maximum atomic E-state index is 12.5. The fraction of sp³-hybridized carbons (Fsp3) is 0.300. The van der Waals surface area contributed by atoms with Gasteiger partial charge in [0.25, 0.3) is 11.6 Å². The van der Waals surface area contributed by atoms with E-state index in [0.717, 1.165) is 37.6 Å². The van der Waals surface area contributed by atoms with Crippen LogP contribution in [0.1, 0.15) is 15.9 Å². The fourth-order valence-corrected chi connectivity index (χ4v) is 3.43. The van der Waals surface area contributed by atoms with Crippen LogP contribution in [0.25, 0.3) is 0 Å². The molecule has 0 aromatic heterocycles. The molecule has 1 fully saturated rings. The zero-order chi connectivity index (χ0) is 21.0. The lowest BCUT2D eigenvalue weighted by molar-refractivity contribution is -0.385. The normalized spacial score (nSPS) is 14.3. The molecule has 29 heavy (non-hydrogen) atoms. The number of anilines is 2. The van der Waals surface area contributed by atoms with Crippen molar-refractivity contribution >= 4 is 40.3 Å². The first-order valence-electron chi connectivity index (χ1n) is 9.25. The lowest BCUT2D eigenvalue weighted by Crippen LogP contribution is -2.44. The number of likely N-dealkylation sites (N-methyl/N-ethyl adjacent to an activating group) is 1. The molecule has 2 aromatic carbocycles. The highest BCUT2D eigenvalue weighted by molar-refractivity contribution is 7.80. The molecule has 0 unspecified atom stereocenters. The minimum absolute atomic E-state index is 0.101. The second-order valence-electron chi connectivity index (χ2n) is 6.95. The van der Waals surface area contributed by atoms with E-state index < -0.39 is 10.8 Å². The summed E-state index contributed by atoms with van der Waals surface area (Å²) in [6, 6.07) is 12.2. The number of hydrogen-bond donors (Lipinski definition) is 2. The zero-order valence-corrected chi connectivity index (χ0v) is 17.2. The van der Waals surface area contributed by atoms with E-state index in [0.29, 0.717) is 5.56 Å². The van der Waals surface area contributed by atoms with E-state index in [1.165, 1.54) is 18.2 Å². The topological polar surface area (TPSA) is 90.8 Å². The van der Waals surface area contributed by atoms with Crippen LogP contribution in [0.3, 0.4) is 0 Å². The van der Waals surface area contributed by atoms with Gasteiger partial charge in [-0.3, -0.25) is 20.2 Å². The van der Waals surface area contributed by atoms with Crippen molar-refractivity contribution < 1.29 is 9.72 Å². The van der Waals surface area contributed by atoms with E-state index in [2.05, 4.69) is 27.5 Å². The molecule has 1 saturated heterocycles. The number of carbonyl (C=O) groups is 1. The van der Waals surface area contributed by atoms with Crippen LogP contribution >= 0.6 is 12.2 Å². The van der Waals surface area contributed by atoms with Crippen molar-refractivity contribution in [1.82, 2.24) is 10.2 Å². The van der Waals surface area contributed by atoms with Gasteiger partial charge in [0, 0.05) is 54.7 Å². The SMILES string of the molecule is Cc1c(C(=O)NC(=S)Nc2ccc(N3CCN(C)CC3)cc2)cccc1[N+](=O)[O-]. The first kappa shape index (κ1) is 20.7. The molecule has 9 heteroatoms. The summed E-state index contributed by atoms with van der Waals surface area (Å²) >= 11 is 5.22. The Kier molecular flexibility index (Phi) is 6.40. The van der Waals surface area contributed by atoms with Gasteiger partial charge in [-0.05, 0) is 56.5 Å². The number of nitrogens with one attached hydrogen (secondary N) is 2. The Hall–Kier alpha value is -3.04. The Balaban J connectivity index is 1.60. The lowest BCUT2D eigenvalue weighted by atomic mass is 10.1. The molecule has 1 heterocycles. The Labute approximate surface area is 174 Å². The van der Waals surface area contributed by atoms with Crippen LogP contribution in [0.15, 0.2) is 42.5 Å². The number of rotatable bonds is 4. The highest BCUT2D eigenvalue weighted by atomic mass is 32.1. The van der Waals surface area contributed by atoms with Gasteiger partial charge in [0.15, 0.2) is 5.11 Å². The standard InChI is InChI=1S/C20H23N5O3S/c1-14-17(4-3-5-18(14)25(27)28)19(26)22-20(29)21-15-6-8-16(9-7-15)24-12-10-23(2)11-13-24/h3-9H,10-13H2,1-2H3,(H2,21,22,26,29). The molecule has 2 aromatic rings. The smallest absolute Gasteiger partial charge is 0.273 e. The van der Waals surface area contributed by atoms with Gasteiger partial charge in [-0.15, -0.1) is 0 Å². The van der Waals surface area contributed by atoms with E-state index in [1.54, 1.807) is 6.92 Å². The first-order valence-corrected chi connectivity index (χ1v) is 9.66. The van der Waals surface area contributed by atoms with E-state index in [4.69, 9.17) is 12.2 Å². The second kappa shape index (κ2) is 8.97. The molecule has 2 N–H and O–H groups in total. The summed E-state index contributed by atoms with van der Waals surface area (Å²) < 4.78 is 0. The number of nitro benzene ring substituents is 1. The largest absolute Gasteiger partial charge is 0.369 e. The molecule has 0 atom stereocenters. The van der Waals surface area contributed by atoms with Gasteiger partial charge in [-0.1, -0.05) is 6.07 Å². The average molecular weight is 414 g/mol. The van der Waals surface area contributed by atoms with Crippen molar-refractivity contribution in [2.45, 2.75) is 6.92 Å². The molecule has 0 radical (unpaired) electrons. The summed E-state index contributed by atoms with van der Waals surface area (Å²) in [7, 11) is 2.12. The van der Waals surface area contributed by atoms with Crippen LogP contribution in [0, 0.1) is 17.0 Å². The monoisotopic (exact) mass is 413 g/mol. The van der Waals surface area contributed by atoms with Gasteiger partial charge in [0.1, 0.15) is 0 Å². The predicted octanol–water partition coefficient (Wildman–Crippen LogP) is 2.78. The fourth-order valence-electron chi connectivity index (χ4n) is 3.22.